The molecule has 4 nitrogen and oxygen atoms in total. The Balaban J connectivity index is 2.40. The maximum Gasteiger partial charge on any atom is 0.123 e. The van der Waals surface area contributed by atoms with Gasteiger partial charge in [0.1, 0.15) is 11.5 Å². The van der Waals surface area contributed by atoms with Crippen molar-refractivity contribution in [2.24, 2.45) is 0 Å². The molecule has 0 aliphatic carbocycles. The van der Waals surface area contributed by atoms with Crippen molar-refractivity contribution in [3.05, 3.63) is 23.8 Å². The predicted octanol–water partition coefficient (Wildman–Crippen LogP) is 0.566. The quantitative estimate of drug-likeness (QED) is 0.645. The number of phenolic OH excluding ortho intramolecular Hbond substituents is 2. The van der Waals surface area contributed by atoms with Crippen LogP contribution < -0.4 is 5.32 Å². The van der Waals surface area contributed by atoms with Gasteiger partial charge >= 0.3 is 0 Å². The van der Waals surface area contributed by atoms with Gasteiger partial charge in [0, 0.05) is 47.5 Å². The molecule has 0 aliphatic rings. The van der Waals surface area contributed by atoms with Crippen molar-refractivity contribution in [3.63, 3.8) is 0 Å². The fourth-order valence-electron chi connectivity index (χ4n) is 1.14. The van der Waals surface area contributed by atoms with E-state index in [-0.39, 0.29) is 11.5 Å². The summed E-state index contributed by atoms with van der Waals surface area (Å²) < 4.78 is 10.8. The summed E-state index contributed by atoms with van der Waals surface area (Å²) in [6, 6.07) is 4.48. The summed E-state index contributed by atoms with van der Waals surface area (Å²) in [7, 11) is -0.797. The minimum atomic E-state index is -0.797. The van der Waals surface area contributed by atoms with Gasteiger partial charge in [-0.1, -0.05) is 6.07 Å². The van der Waals surface area contributed by atoms with Crippen LogP contribution >= 0.6 is 0 Å². The lowest BCUT2D eigenvalue weighted by Gasteiger charge is -2.06. The second-order valence-electron chi connectivity index (χ2n) is 3.27. The Morgan fingerprint density at radius 2 is 2.13 bits per heavy atom. The second kappa shape index (κ2) is 5.72. The number of nitrogens with one attached hydrogen (secondary N) is 1. The van der Waals surface area contributed by atoms with E-state index in [0.29, 0.717) is 18.8 Å². The van der Waals surface area contributed by atoms with Crippen LogP contribution in [0, 0.1) is 0 Å². The van der Waals surface area contributed by atoms with Crippen LogP contribution in [0.25, 0.3) is 0 Å². The third kappa shape index (κ3) is 4.31. The first-order valence-electron chi connectivity index (χ1n) is 4.61. The third-order valence-electron chi connectivity index (χ3n) is 1.95. The molecule has 1 atom stereocenters. The summed E-state index contributed by atoms with van der Waals surface area (Å²) in [5.41, 5.74) is 0.717. The number of hydrogen-bond donors (Lipinski definition) is 3. The number of hydrogen-bond acceptors (Lipinski definition) is 4. The van der Waals surface area contributed by atoms with E-state index in [9.17, 15) is 9.32 Å². The van der Waals surface area contributed by atoms with E-state index in [1.165, 1.54) is 12.1 Å². The topological polar surface area (TPSA) is 69.6 Å². The van der Waals surface area contributed by atoms with Crippen molar-refractivity contribution in [2.75, 3.05) is 18.6 Å². The van der Waals surface area contributed by atoms with Gasteiger partial charge in [0.2, 0.25) is 0 Å². The van der Waals surface area contributed by atoms with Gasteiger partial charge < -0.3 is 15.5 Å². The van der Waals surface area contributed by atoms with Crippen molar-refractivity contribution >= 4 is 10.8 Å². The highest BCUT2D eigenvalue weighted by molar-refractivity contribution is 7.84. The fraction of sp³-hybridized carbons (Fsp3) is 0.400. The Hall–Kier alpha value is -1.07. The van der Waals surface area contributed by atoms with Crippen molar-refractivity contribution < 1.29 is 14.4 Å². The highest BCUT2D eigenvalue weighted by Crippen LogP contribution is 2.21. The van der Waals surface area contributed by atoms with Gasteiger partial charge in [-0.05, 0) is 6.07 Å². The first kappa shape index (κ1) is 12.0. The smallest absolute Gasteiger partial charge is 0.123 e. The molecule has 0 radical (unpaired) electrons. The zero-order chi connectivity index (χ0) is 11.3. The van der Waals surface area contributed by atoms with Gasteiger partial charge in [0.15, 0.2) is 0 Å². The monoisotopic (exact) mass is 229 g/mol. The number of aromatic hydroxyl groups is 2. The van der Waals surface area contributed by atoms with Gasteiger partial charge in [0.25, 0.3) is 0 Å². The molecule has 0 amide bonds. The minimum absolute atomic E-state index is 0.0471. The van der Waals surface area contributed by atoms with Crippen LogP contribution in [0.3, 0.4) is 0 Å². The molecule has 0 aromatic heterocycles. The van der Waals surface area contributed by atoms with Crippen LogP contribution in [0.15, 0.2) is 18.2 Å². The Morgan fingerprint density at radius 3 is 2.73 bits per heavy atom. The molecule has 0 fully saturated rings. The molecule has 0 saturated carbocycles. The SMILES string of the molecule is CS(=O)CCNCc1ccc(O)cc1O. The molecule has 0 saturated heterocycles. The van der Waals surface area contributed by atoms with E-state index in [4.69, 9.17) is 5.11 Å². The first-order chi connectivity index (χ1) is 7.09. The van der Waals surface area contributed by atoms with E-state index in [1.807, 2.05) is 0 Å². The van der Waals surface area contributed by atoms with E-state index in [0.717, 1.165) is 5.56 Å². The van der Waals surface area contributed by atoms with Crippen LogP contribution in [0.4, 0.5) is 0 Å². The van der Waals surface area contributed by atoms with Gasteiger partial charge in [-0.15, -0.1) is 0 Å². The second-order valence-corrected chi connectivity index (χ2v) is 4.82. The molecule has 1 unspecified atom stereocenters. The standard InChI is InChI=1S/C10H15NO3S/c1-15(14)5-4-11-7-8-2-3-9(12)6-10(8)13/h2-3,6,11-13H,4-5,7H2,1H3. The summed E-state index contributed by atoms with van der Waals surface area (Å²) in [6.07, 6.45) is 1.65. The molecule has 1 rings (SSSR count). The molecule has 1 aromatic rings. The predicted molar refractivity (Wildman–Crippen MR) is 60.4 cm³/mol. The number of rotatable bonds is 5. The summed E-state index contributed by atoms with van der Waals surface area (Å²) in [5, 5.41) is 21.6. The lowest BCUT2D eigenvalue weighted by molar-refractivity contribution is 0.444. The molecule has 5 heteroatoms. The lowest BCUT2D eigenvalue weighted by Crippen LogP contribution is -2.19. The van der Waals surface area contributed by atoms with Crippen molar-refractivity contribution in [1.82, 2.24) is 5.32 Å². The van der Waals surface area contributed by atoms with Crippen LogP contribution in [-0.2, 0) is 17.3 Å². The van der Waals surface area contributed by atoms with Crippen LogP contribution in [0.2, 0.25) is 0 Å². The van der Waals surface area contributed by atoms with E-state index >= 15 is 0 Å². The van der Waals surface area contributed by atoms with Crippen molar-refractivity contribution in [1.29, 1.82) is 0 Å². The Kier molecular flexibility index (Phi) is 4.58. The highest BCUT2D eigenvalue weighted by Gasteiger charge is 2.01. The number of benzene rings is 1. The first-order valence-corrected chi connectivity index (χ1v) is 6.34. The van der Waals surface area contributed by atoms with Gasteiger partial charge in [0.05, 0.1) is 0 Å². The maximum atomic E-state index is 10.8. The number of phenols is 2. The average molecular weight is 229 g/mol. The average Bonchev–Trinajstić information content (AvgIpc) is 2.14. The molecular weight excluding hydrogens is 214 g/mol. The highest BCUT2D eigenvalue weighted by atomic mass is 32.2. The fourth-order valence-corrected chi connectivity index (χ4v) is 1.57. The molecule has 0 heterocycles. The zero-order valence-corrected chi connectivity index (χ0v) is 9.38. The maximum absolute atomic E-state index is 10.8. The van der Waals surface area contributed by atoms with E-state index in [1.54, 1.807) is 12.3 Å². The molecule has 0 spiro atoms. The zero-order valence-electron chi connectivity index (χ0n) is 8.56. The summed E-state index contributed by atoms with van der Waals surface area (Å²) in [4.78, 5) is 0. The third-order valence-corrected chi connectivity index (χ3v) is 2.73. The lowest BCUT2D eigenvalue weighted by atomic mass is 10.2. The van der Waals surface area contributed by atoms with Gasteiger partial charge in [-0.25, -0.2) is 0 Å². The summed E-state index contributed by atoms with van der Waals surface area (Å²) >= 11 is 0. The molecule has 84 valence electrons. The van der Waals surface area contributed by atoms with Crippen LogP contribution in [-0.4, -0.2) is 33.0 Å². The molecule has 3 N–H and O–H groups in total. The summed E-state index contributed by atoms with van der Waals surface area (Å²) in [6.45, 7) is 1.15. The normalized spacial score (nSPS) is 12.6. The van der Waals surface area contributed by atoms with Crippen molar-refractivity contribution in [3.8, 4) is 11.5 Å². The Bertz CT molecular complexity index is 355. The Morgan fingerprint density at radius 1 is 1.40 bits per heavy atom. The summed E-state index contributed by atoms with van der Waals surface area (Å²) in [5.74, 6) is 0.713. The molecular formula is C10H15NO3S. The minimum Gasteiger partial charge on any atom is -0.508 e. The van der Waals surface area contributed by atoms with Crippen LogP contribution in [0.5, 0.6) is 11.5 Å². The molecule has 0 aliphatic heterocycles. The van der Waals surface area contributed by atoms with Crippen molar-refractivity contribution in [2.45, 2.75) is 6.54 Å². The van der Waals surface area contributed by atoms with Crippen LogP contribution in [0.1, 0.15) is 5.56 Å². The van der Waals surface area contributed by atoms with Gasteiger partial charge in [-0.2, -0.15) is 0 Å². The van der Waals surface area contributed by atoms with E-state index < -0.39 is 10.8 Å². The Labute approximate surface area is 91.4 Å². The van der Waals surface area contributed by atoms with Gasteiger partial charge in [-0.3, -0.25) is 4.21 Å². The molecule has 1 aromatic carbocycles. The molecule has 0 bridgehead atoms. The largest absolute Gasteiger partial charge is 0.508 e. The van der Waals surface area contributed by atoms with E-state index in [2.05, 4.69) is 5.32 Å². The molecule has 15 heavy (non-hydrogen) atoms.